The van der Waals surface area contributed by atoms with Crippen LogP contribution in [-0.2, 0) is 0 Å². The molecule has 0 radical (unpaired) electrons. The number of hydrogen-bond donors (Lipinski definition) is 2. The third-order valence-electron chi connectivity index (χ3n) is 3.09. The Morgan fingerprint density at radius 3 is 2.70 bits per heavy atom. The van der Waals surface area contributed by atoms with Crippen LogP contribution in [0.2, 0.25) is 0 Å². The molecule has 1 aromatic rings. The van der Waals surface area contributed by atoms with Gasteiger partial charge in [0.05, 0.1) is 4.92 Å². The minimum atomic E-state index is -0.456. The van der Waals surface area contributed by atoms with E-state index in [9.17, 15) is 10.1 Å². The molecule has 0 aromatic carbocycles. The first-order chi connectivity index (χ1) is 9.42. The fraction of sp³-hybridized carbons (Fsp3) is 0.636. The second-order valence-electron chi connectivity index (χ2n) is 4.45. The first-order valence-corrected chi connectivity index (χ1v) is 7.53. The summed E-state index contributed by atoms with van der Waals surface area (Å²) in [5.74, 6) is 6.74. The van der Waals surface area contributed by atoms with Crippen LogP contribution in [-0.4, -0.2) is 40.0 Å². The van der Waals surface area contributed by atoms with Gasteiger partial charge in [-0.05, 0) is 32.3 Å². The van der Waals surface area contributed by atoms with Gasteiger partial charge in [-0.2, -0.15) is 16.7 Å². The zero-order valence-corrected chi connectivity index (χ0v) is 12.9. The Labute approximate surface area is 122 Å². The van der Waals surface area contributed by atoms with E-state index in [-0.39, 0.29) is 29.2 Å². The average Bonchev–Trinajstić information content (AvgIpc) is 2.42. The third-order valence-corrected chi connectivity index (χ3v) is 3.73. The summed E-state index contributed by atoms with van der Waals surface area (Å²) in [5.41, 5.74) is 2.54. The summed E-state index contributed by atoms with van der Waals surface area (Å²) in [6.45, 7) is 3.58. The smallest absolute Gasteiger partial charge is 0.332 e. The number of hydrogen-bond acceptors (Lipinski definition) is 8. The molecule has 1 atom stereocenters. The van der Waals surface area contributed by atoms with Crippen molar-refractivity contribution >= 4 is 29.2 Å². The summed E-state index contributed by atoms with van der Waals surface area (Å²) in [4.78, 5) is 20.7. The van der Waals surface area contributed by atoms with E-state index in [1.807, 2.05) is 13.2 Å². The van der Waals surface area contributed by atoms with E-state index in [4.69, 9.17) is 5.84 Å². The van der Waals surface area contributed by atoms with Crippen LogP contribution in [0.4, 0.5) is 17.5 Å². The Hall–Kier alpha value is -1.61. The molecule has 3 N–H and O–H groups in total. The lowest BCUT2D eigenvalue weighted by Gasteiger charge is -2.26. The molecule has 1 heterocycles. The zero-order valence-electron chi connectivity index (χ0n) is 12.1. The molecule has 0 aliphatic rings. The highest BCUT2D eigenvalue weighted by Crippen LogP contribution is 2.30. The summed E-state index contributed by atoms with van der Waals surface area (Å²) in [6.07, 6.45) is 2.93. The van der Waals surface area contributed by atoms with Gasteiger partial charge >= 0.3 is 5.69 Å². The maximum absolute atomic E-state index is 11.2. The highest BCUT2D eigenvalue weighted by molar-refractivity contribution is 7.98. The van der Waals surface area contributed by atoms with Gasteiger partial charge in [-0.1, -0.05) is 0 Å². The van der Waals surface area contributed by atoms with Crippen molar-refractivity contribution in [2.24, 2.45) is 5.84 Å². The molecule has 0 saturated heterocycles. The molecule has 0 aliphatic heterocycles. The Morgan fingerprint density at radius 1 is 1.55 bits per heavy atom. The van der Waals surface area contributed by atoms with Gasteiger partial charge in [-0.3, -0.25) is 15.5 Å². The molecule has 8 nitrogen and oxygen atoms in total. The predicted octanol–water partition coefficient (Wildman–Crippen LogP) is 1.56. The normalized spacial score (nSPS) is 12.1. The van der Waals surface area contributed by atoms with Crippen molar-refractivity contribution in [2.45, 2.75) is 26.3 Å². The van der Waals surface area contributed by atoms with Gasteiger partial charge in [0.1, 0.15) is 5.69 Å². The van der Waals surface area contributed by atoms with Crippen molar-refractivity contribution in [1.82, 2.24) is 9.97 Å². The molecule has 0 saturated carbocycles. The number of nitrogens with two attached hydrogens (primary N) is 1. The molecule has 0 fully saturated rings. The SMILES string of the molecule is CSCCC(C)N(C)c1nc(NN)nc(C)c1[N+](=O)[O-]. The lowest BCUT2D eigenvalue weighted by atomic mass is 10.2. The summed E-state index contributed by atoms with van der Waals surface area (Å²) < 4.78 is 0. The minimum absolute atomic E-state index is 0.0810. The van der Waals surface area contributed by atoms with Crippen molar-refractivity contribution in [3.8, 4) is 0 Å². The van der Waals surface area contributed by atoms with Gasteiger partial charge in [0.25, 0.3) is 0 Å². The van der Waals surface area contributed by atoms with Crippen LogP contribution >= 0.6 is 11.8 Å². The van der Waals surface area contributed by atoms with E-state index in [1.54, 1.807) is 30.6 Å². The highest BCUT2D eigenvalue weighted by atomic mass is 32.2. The van der Waals surface area contributed by atoms with Gasteiger partial charge in [-0.15, -0.1) is 0 Å². The lowest BCUT2D eigenvalue weighted by molar-refractivity contribution is -0.385. The van der Waals surface area contributed by atoms with Gasteiger partial charge in [0.2, 0.25) is 11.8 Å². The second kappa shape index (κ2) is 7.25. The van der Waals surface area contributed by atoms with Crippen molar-refractivity contribution in [2.75, 3.05) is 29.4 Å². The number of aryl methyl sites for hydroxylation is 1. The molecule has 1 rings (SSSR count). The van der Waals surface area contributed by atoms with Crippen molar-refractivity contribution in [3.05, 3.63) is 15.8 Å². The van der Waals surface area contributed by atoms with Gasteiger partial charge in [0, 0.05) is 13.1 Å². The van der Waals surface area contributed by atoms with E-state index < -0.39 is 4.92 Å². The molecule has 0 amide bonds. The van der Waals surface area contributed by atoms with Crippen LogP contribution < -0.4 is 16.2 Å². The van der Waals surface area contributed by atoms with Crippen molar-refractivity contribution < 1.29 is 4.92 Å². The second-order valence-corrected chi connectivity index (χ2v) is 5.43. The Balaban J connectivity index is 3.19. The maximum atomic E-state index is 11.2. The number of nitro groups is 1. The minimum Gasteiger partial charge on any atom is -0.351 e. The average molecular weight is 300 g/mol. The number of aromatic nitrogens is 2. The van der Waals surface area contributed by atoms with Crippen LogP contribution in [0, 0.1) is 17.0 Å². The van der Waals surface area contributed by atoms with Crippen LogP contribution in [0.3, 0.4) is 0 Å². The maximum Gasteiger partial charge on any atom is 0.332 e. The summed E-state index contributed by atoms with van der Waals surface area (Å²) in [6, 6.07) is 0.126. The molecule has 0 bridgehead atoms. The Kier molecular flexibility index (Phi) is 5.96. The van der Waals surface area contributed by atoms with Crippen molar-refractivity contribution in [1.29, 1.82) is 0 Å². The first-order valence-electron chi connectivity index (χ1n) is 6.13. The van der Waals surface area contributed by atoms with Gasteiger partial charge in [-0.25, -0.2) is 10.8 Å². The number of rotatable bonds is 7. The standard InChI is InChI=1S/C11H20N6O2S/c1-7(5-6-20-4)16(3)10-9(17(18)19)8(2)13-11(14-10)15-12/h7H,5-6,12H2,1-4H3,(H,13,14,15). The number of nitrogens with one attached hydrogen (secondary N) is 1. The van der Waals surface area contributed by atoms with Crippen LogP contribution in [0.25, 0.3) is 0 Å². The molecule has 1 unspecified atom stereocenters. The summed E-state index contributed by atoms with van der Waals surface area (Å²) in [5, 5.41) is 11.2. The monoisotopic (exact) mass is 300 g/mol. The quantitative estimate of drug-likeness (QED) is 0.443. The lowest BCUT2D eigenvalue weighted by Crippen LogP contribution is -2.31. The van der Waals surface area contributed by atoms with Crippen LogP contribution in [0.5, 0.6) is 0 Å². The van der Waals surface area contributed by atoms with Gasteiger partial charge in [0.15, 0.2) is 0 Å². The first kappa shape index (κ1) is 16.4. The van der Waals surface area contributed by atoms with Crippen LogP contribution in [0.15, 0.2) is 0 Å². The molecule has 112 valence electrons. The number of thioether (sulfide) groups is 1. The van der Waals surface area contributed by atoms with E-state index in [2.05, 4.69) is 15.4 Å². The summed E-state index contributed by atoms with van der Waals surface area (Å²) >= 11 is 1.74. The van der Waals surface area contributed by atoms with E-state index in [1.165, 1.54) is 0 Å². The molecular weight excluding hydrogens is 280 g/mol. The van der Waals surface area contributed by atoms with E-state index in [0.717, 1.165) is 12.2 Å². The fourth-order valence-corrected chi connectivity index (χ4v) is 2.34. The van der Waals surface area contributed by atoms with Crippen LogP contribution in [0.1, 0.15) is 19.0 Å². The highest BCUT2D eigenvalue weighted by Gasteiger charge is 2.26. The molecule has 0 aliphatic carbocycles. The number of hydrazine groups is 1. The van der Waals surface area contributed by atoms with E-state index >= 15 is 0 Å². The van der Waals surface area contributed by atoms with E-state index in [0.29, 0.717) is 0 Å². The summed E-state index contributed by atoms with van der Waals surface area (Å²) in [7, 11) is 1.79. The van der Waals surface area contributed by atoms with Gasteiger partial charge < -0.3 is 4.90 Å². The predicted molar refractivity (Wildman–Crippen MR) is 82.1 cm³/mol. The third kappa shape index (κ3) is 3.70. The molecule has 1 aromatic heterocycles. The molecule has 9 heteroatoms. The Bertz CT molecular complexity index is 484. The molecular formula is C11H20N6O2S. The molecule has 0 spiro atoms. The van der Waals surface area contributed by atoms with Crippen molar-refractivity contribution in [3.63, 3.8) is 0 Å². The number of nitrogen functional groups attached to an aromatic ring is 1. The topological polar surface area (TPSA) is 110 Å². The largest absolute Gasteiger partial charge is 0.351 e. The Morgan fingerprint density at radius 2 is 2.20 bits per heavy atom. The number of nitrogens with zero attached hydrogens (tertiary/aromatic N) is 4. The zero-order chi connectivity index (χ0) is 15.3. The molecule has 20 heavy (non-hydrogen) atoms. The number of anilines is 2. The fourth-order valence-electron chi connectivity index (χ4n) is 1.77.